The molecule has 0 amide bonds. The number of benzene rings is 4. The molecule has 0 aliphatic heterocycles. The van der Waals surface area contributed by atoms with Crippen LogP contribution in [-0.2, 0) is 47.2 Å². The Morgan fingerprint density at radius 3 is 1.42 bits per heavy atom. The summed E-state index contributed by atoms with van der Waals surface area (Å²) >= 11 is 0. The minimum atomic E-state index is -3.71. The first-order chi connectivity index (χ1) is 22.8. The molecule has 2 heterocycles. The Morgan fingerprint density at radius 2 is 1.04 bits per heavy atom. The van der Waals surface area contributed by atoms with Gasteiger partial charge in [0.05, 0.1) is 40.3 Å². The van der Waals surface area contributed by atoms with E-state index in [9.17, 15) is 26.4 Å². The summed E-state index contributed by atoms with van der Waals surface area (Å²) in [4.78, 5) is 23.1. The predicted molar refractivity (Wildman–Crippen MR) is 185 cm³/mol. The molecular weight excluding hydrogens is 692 g/mol. The second-order valence-electron chi connectivity index (χ2n) is 11.1. The van der Waals surface area contributed by atoms with Gasteiger partial charge in [0, 0.05) is 23.2 Å². The topological polar surface area (TPSA) is 172 Å². The second kappa shape index (κ2) is 16.6. The van der Waals surface area contributed by atoms with Gasteiger partial charge >= 0.3 is 41.5 Å². The molecule has 6 rings (SSSR count). The van der Waals surface area contributed by atoms with Crippen molar-refractivity contribution in [2.24, 2.45) is 0 Å². The molecule has 50 heavy (non-hydrogen) atoms. The SMILES string of the molecule is CCOC(=O)Cc1cccc2c1ccn2S(=O)(=O)c1ccc(C)cc1.Cc1ccc(S(=O)(=O)n2ccc3c(CC(=O)O)cccc32)cc1.[Na+].[OH-]. The van der Waals surface area contributed by atoms with Crippen LogP contribution in [0.5, 0.6) is 0 Å². The van der Waals surface area contributed by atoms with Gasteiger partial charge in [-0.15, -0.1) is 0 Å². The number of carboxylic acids is 1. The minimum absolute atomic E-state index is 0. The van der Waals surface area contributed by atoms with E-state index in [-0.39, 0.29) is 63.6 Å². The number of carbonyl (C=O) groups is 2. The van der Waals surface area contributed by atoms with E-state index in [1.54, 1.807) is 97.9 Å². The molecular formula is C36H35N2NaO9S2. The number of ether oxygens (including phenoxy) is 1. The molecule has 0 spiro atoms. The summed E-state index contributed by atoms with van der Waals surface area (Å²) in [5.41, 5.74) is 4.33. The van der Waals surface area contributed by atoms with Crippen molar-refractivity contribution in [2.45, 2.75) is 43.4 Å². The number of aryl methyl sites for hydroxylation is 2. The Labute approximate surface area is 312 Å². The third-order valence-electron chi connectivity index (χ3n) is 7.71. The number of aromatic nitrogens is 2. The molecule has 0 bridgehead atoms. The van der Waals surface area contributed by atoms with Gasteiger partial charge in [-0.3, -0.25) is 9.59 Å². The van der Waals surface area contributed by atoms with Crippen LogP contribution in [0.15, 0.2) is 119 Å². The Hall–Kier alpha value is -4.24. The largest absolute Gasteiger partial charge is 1.00 e. The van der Waals surface area contributed by atoms with Gasteiger partial charge in [0.2, 0.25) is 0 Å². The van der Waals surface area contributed by atoms with Crippen LogP contribution in [0.25, 0.3) is 21.8 Å². The average molecular weight is 727 g/mol. The van der Waals surface area contributed by atoms with Crippen LogP contribution in [-0.4, -0.2) is 53.9 Å². The molecule has 0 saturated heterocycles. The molecule has 256 valence electrons. The molecule has 0 radical (unpaired) electrons. The van der Waals surface area contributed by atoms with E-state index in [0.717, 1.165) is 22.1 Å². The Bertz CT molecular complexity index is 2350. The molecule has 0 atom stereocenters. The summed E-state index contributed by atoms with van der Waals surface area (Å²) in [5, 5.41) is 10.3. The van der Waals surface area contributed by atoms with Crippen LogP contribution in [0.3, 0.4) is 0 Å². The van der Waals surface area contributed by atoms with E-state index in [2.05, 4.69) is 0 Å². The smallest absolute Gasteiger partial charge is 0.870 e. The zero-order chi connectivity index (χ0) is 34.6. The van der Waals surface area contributed by atoms with Crippen molar-refractivity contribution < 1.29 is 71.3 Å². The molecule has 4 aromatic carbocycles. The molecule has 2 N–H and O–H groups in total. The fourth-order valence-electron chi connectivity index (χ4n) is 5.32. The van der Waals surface area contributed by atoms with E-state index in [1.165, 1.54) is 20.3 Å². The number of fused-ring (bicyclic) bond motifs is 2. The number of esters is 1. The van der Waals surface area contributed by atoms with Gasteiger partial charge in [-0.2, -0.15) is 0 Å². The standard InChI is InChI=1S/C19H19NO4S.C17H15NO4S.Na.H2O/c1-3-24-19(21)13-15-5-4-6-18-17(15)11-12-20(18)25(22,23)16-9-7-14(2)8-10-16;1-12-5-7-14(8-6-12)23(21,22)18-10-9-15-13(11-17(19)20)3-2-4-16(15)18;;/h4-12H,3,13H2,1-2H3;2-10H,11H2,1H3,(H,19,20);;1H2/q;;+1;/p-1. The number of hydrogen-bond donors (Lipinski definition) is 1. The third-order valence-corrected chi connectivity index (χ3v) is 11.1. The monoisotopic (exact) mass is 726 g/mol. The Balaban J connectivity index is 0.000000261. The number of carbonyl (C=O) groups excluding carboxylic acids is 1. The van der Waals surface area contributed by atoms with Crippen LogP contribution in [0.2, 0.25) is 0 Å². The average Bonchev–Trinajstić information content (AvgIpc) is 3.69. The van der Waals surface area contributed by atoms with Crippen molar-refractivity contribution in [3.8, 4) is 0 Å². The van der Waals surface area contributed by atoms with Crippen molar-refractivity contribution in [3.05, 3.63) is 132 Å². The summed E-state index contributed by atoms with van der Waals surface area (Å²) in [6.07, 6.45) is 2.95. The molecule has 11 nitrogen and oxygen atoms in total. The minimum Gasteiger partial charge on any atom is -0.870 e. The first-order valence-corrected chi connectivity index (χ1v) is 17.9. The number of aliphatic carboxylic acids is 1. The van der Waals surface area contributed by atoms with Gasteiger partial charge in [0.25, 0.3) is 20.0 Å². The fourth-order valence-corrected chi connectivity index (χ4v) is 8.01. The maximum atomic E-state index is 12.9. The Morgan fingerprint density at radius 1 is 0.640 bits per heavy atom. The van der Waals surface area contributed by atoms with Gasteiger partial charge in [-0.1, -0.05) is 59.7 Å². The number of nitrogens with zero attached hydrogens (tertiary/aromatic N) is 2. The van der Waals surface area contributed by atoms with E-state index >= 15 is 0 Å². The van der Waals surface area contributed by atoms with Gasteiger partial charge in [-0.25, -0.2) is 24.8 Å². The van der Waals surface area contributed by atoms with Gasteiger partial charge in [0.1, 0.15) is 0 Å². The first-order valence-electron chi connectivity index (χ1n) is 15.0. The van der Waals surface area contributed by atoms with E-state index < -0.39 is 26.0 Å². The van der Waals surface area contributed by atoms with Crippen LogP contribution in [0.1, 0.15) is 29.2 Å². The van der Waals surface area contributed by atoms with Crippen LogP contribution in [0.4, 0.5) is 0 Å². The van der Waals surface area contributed by atoms with E-state index in [1.807, 2.05) is 19.9 Å². The van der Waals surface area contributed by atoms with Crippen molar-refractivity contribution >= 4 is 53.8 Å². The fraction of sp³-hybridized carbons (Fsp3) is 0.167. The normalized spacial score (nSPS) is 11.2. The number of rotatable bonds is 9. The Kier molecular flexibility index (Phi) is 13.4. The van der Waals surface area contributed by atoms with Crippen molar-refractivity contribution in [3.63, 3.8) is 0 Å². The van der Waals surface area contributed by atoms with Gasteiger partial charge in [-0.05, 0) is 80.4 Å². The molecule has 2 aromatic heterocycles. The molecule has 14 heteroatoms. The maximum Gasteiger partial charge on any atom is 1.00 e. The summed E-state index contributed by atoms with van der Waals surface area (Å²) in [7, 11) is -7.41. The summed E-state index contributed by atoms with van der Waals surface area (Å²) in [5.74, 6) is -1.28. The van der Waals surface area contributed by atoms with Crippen LogP contribution < -0.4 is 29.6 Å². The zero-order valence-corrected chi connectivity index (χ0v) is 31.6. The van der Waals surface area contributed by atoms with Crippen LogP contribution in [0, 0.1) is 13.8 Å². The molecule has 0 aliphatic rings. The van der Waals surface area contributed by atoms with Crippen molar-refractivity contribution in [1.82, 2.24) is 7.94 Å². The zero-order valence-electron chi connectivity index (χ0n) is 28.0. The van der Waals surface area contributed by atoms with E-state index in [4.69, 9.17) is 9.84 Å². The summed E-state index contributed by atoms with van der Waals surface area (Å²) < 4.78 is 58.9. The predicted octanol–water partition coefficient (Wildman–Crippen LogP) is 2.93. The number of carboxylic acid groups (broad SMARTS) is 1. The van der Waals surface area contributed by atoms with Gasteiger partial charge < -0.3 is 15.3 Å². The molecule has 0 fully saturated rings. The maximum absolute atomic E-state index is 12.9. The quantitative estimate of drug-likeness (QED) is 0.174. The van der Waals surface area contributed by atoms with Crippen molar-refractivity contribution in [2.75, 3.05) is 6.61 Å². The summed E-state index contributed by atoms with van der Waals surface area (Å²) in [6, 6.07) is 27.0. The third kappa shape index (κ3) is 8.55. The molecule has 0 aliphatic carbocycles. The molecule has 6 aromatic rings. The van der Waals surface area contributed by atoms with Crippen molar-refractivity contribution in [1.29, 1.82) is 0 Å². The van der Waals surface area contributed by atoms with Crippen LogP contribution >= 0.6 is 0 Å². The second-order valence-corrected chi connectivity index (χ2v) is 14.7. The molecule has 0 saturated carbocycles. The first kappa shape index (κ1) is 40.2. The molecule has 0 unspecified atom stereocenters. The van der Waals surface area contributed by atoms with Gasteiger partial charge in [0.15, 0.2) is 0 Å². The number of hydrogen-bond acceptors (Lipinski definition) is 8. The summed E-state index contributed by atoms with van der Waals surface area (Å²) in [6.45, 7) is 5.86. The van der Waals surface area contributed by atoms with E-state index in [0.29, 0.717) is 28.6 Å².